The van der Waals surface area contributed by atoms with Gasteiger partial charge in [-0.25, -0.2) is 9.59 Å². The third-order valence-electron chi connectivity index (χ3n) is 5.09. The Hall–Kier alpha value is -2.54. The maximum absolute atomic E-state index is 13.0. The van der Waals surface area contributed by atoms with Crippen molar-refractivity contribution in [1.82, 2.24) is 4.90 Å². The number of amides is 2. The molecule has 2 atom stereocenters. The fraction of sp³-hybridized carbons (Fsp3) is 0.300. The number of methoxy groups -OCH3 is 1. The summed E-state index contributed by atoms with van der Waals surface area (Å²) in [5, 5.41) is 0. The molecule has 2 amide bonds. The second kappa shape index (κ2) is 6.88. The van der Waals surface area contributed by atoms with E-state index in [2.05, 4.69) is 15.9 Å². The summed E-state index contributed by atoms with van der Waals surface area (Å²) in [4.78, 5) is 28.4. The molecular formula is C20H19BrN2O4. The van der Waals surface area contributed by atoms with Gasteiger partial charge in [0.1, 0.15) is 12.8 Å². The fourth-order valence-corrected chi connectivity index (χ4v) is 4.83. The number of hydrogen-bond donors (Lipinski definition) is 0. The van der Waals surface area contributed by atoms with Crippen molar-refractivity contribution in [3.63, 3.8) is 0 Å². The highest BCUT2D eigenvalue weighted by Gasteiger charge is 2.59. The van der Waals surface area contributed by atoms with E-state index < -0.39 is 22.7 Å². The first-order chi connectivity index (χ1) is 13.1. The molecule has 2 aliphatic rings. The molecule has 7 heteroatoms. The number of likely N-dealkylation sites (tertiary alicyclic amines) is 1. The number of hydrogen-bond acceptors (Lipinski definition) is 4. The molecule has 0 aliphatic carbocycles. The second-order valence-electron chi connectivity index (χ2n) is 6.58. The third-order valence-corrected chi connectivity index (χ3v) is 6.32. The molecule has 140 valence electrons. The number of fused-ring (bicyclic) bond motifs is 3. The van der Waals surface area contributed by atoms with Gasteiger partial charge in [-0.05, 0) is 23.6 Å². The largest absolute Gasteiger partial charge is 0.453 e. The lowest BCUT2D eigenvalue weighted by Crippen LogP contribution is -2.52. The molecule has 2 aliphatic heterocycles. The van der Waals surface area contributed by atoms with Gasteiger partial charge in [0.2, 0.25) is 0 Å². The van der Waals surface area contributed by atoms with Crippen molar-refractivity contribution in [2.75, 3.05) is 18.6 Å². The Balaban J connectivity index is 1.66. The minimum Gasteiger partial charge on any atom is -0.453 e. The van der Waals surface area contributed by atoms with Gasteiger partial charge in [-0.1, -0.05) is 64.5 Å². The number of halogens is 1. The number of carbonyl (C=O) groups excluding carboxylic acids is 2. The monoisotopic (exact) mass is 430 g/mol. The van der Waals surface area contributed by atoms with Crippen LogP contribution in [0.3, 0.4) is 0 Å². The molecule has 0 aromatic heterocycles. The van der Waals surface area contributed by atoms with E-state index >= 15 is 0 Å². The average molecular weight is 431 g/mol. The molecule has 2 heterocycles. The lowest BCUT2D eigenvalue weighted by atomic mass is 9.98. The van der Waals surface area contributed by atoms with Crippen LogP contribution >= 0.6 is 15.9 Å². The normalized spacial score (nSPS) is 23.0. The summed E-state index contributed by atoms with van der Waals surface area (Å²) in [6.45, 7) is 0.651. The minimum absolute atomic E-state index is 0.165. The Kier molecular flexibility index (Phi) is 4.55. The first kappa shape index (κ1) is 17.9. The van der Waals surface area contributed by atoms with Crippen molar-refractivity contribution in [2.24, 2.45) is 0 Å². The Bertz CT molecular complexity index is 875. The first-order valence-corrected chi connectivity index (χ1v) is 9.48. The number of alkyl halides is 1. The highest BCUT2D eigenvalue weighted by atomic mass is 79.9. The molecular weight excluding hydrogens is 412 g/mol. The number of anilines is 1. The zero-order valence-electron chi connectivity index (χ0n) is 14.8. The number of para-hydroxylation sites is 1. The molecule has 2 aromatic carbocycles. The van der Waals surface area contributed by atoms with Crippen LogP contribution in [0.5, 0.6) is 0 Å². The summed E-state index contributed by atoms with van der Waals surface area (Å²) in [6.07, 6.45) is -0.819. The van der Waals surface area contributed by atoms with E-state index in [0.717, 1.165) is 16.8 Å². The van der Waals surface area contributed by atoms with Crippen LogP contribution in [0.2, 0.25) is 0 Å². The number of ether oxygens (including phenoxy) is 2. The van der Waals surface area contributed by atoms with Gasteiger partial charge in [0.05, 0.1) is 17.1 Å². The molecule has 0 bridgehead atoms. The third kappa shape index (κ3) is 2.86. The number of rotatable bonds is 2. The molecule has 0 spiro atoms. The van der Waals surface area contributed by atoms with Crippen LogP contribution in [0.15, 0.2) is 54.6 Å². The predicted octanol–water partition coefficient (Wildman–Crippen LogP) is 4.23. The Morgan fingerprint density at radius 3 is 2.56 bits per heavy atom. The van der Waals surface area contributed by atoms with E-state index in [0.29, 0.717) is 13.0 Å². The lowest BCUT2D eigenvalue weighted by molar-refractivity contribution is 0.109. The Labute approximate surface area is 165 Å². The second-order valence-corrected chi connectivity index (χ2v) is 7.99. The number of carbonyl (C=O) groups is 2. The molecule has 0 N–H and O–H groups in total. The molecule has 27 heavy (non-hydrogen) atoms. The van der Waals surface area contributed by atoms with E-state index in [1.54, 1.807) is 9.80 Å². The summed E-state index contributed by atoms with van der Waals surface area (Å²) < 4.78 is 9.96. The quantitative estimate of drug-likeness (QED) is 0.668. The van der Waals surface area contributed by atoms with E-state index in [9.17, 15) is 9.59 Å². The van der Waals surface area contributed by atoms with Gasteiger partial charge >= 0.3 is 12.2 Å². The summed E-state index contributed by atoms with van der Waals surface area (Å²) in [5.41, 5.74) is 2.61. The van der Waals surface area contributed by atoms with Crippen molar-refractivity contribution >= 4 is 33.8 Å². The molecule has 1 fully saturated rings. The van der Waals surface area contributed by atoms with Crippen LogP contribution in [0.25, 0.3) is 0 Å². The fourth-order valence-electron chi connectivity index (χ4n) is 3.86. The summed E-state index contributed by atoms with van der Waals surface area (Å²) >= 11 is 3.82. The summed E-state index contributed by atoms with van der Waals surface area (Å²) in [6, 6.07) is 17.1. The van der Waals surface area contributed by atoms with Gasteiger partial charge in [-0.3, -0.25) is 9.80 Å². The standard InChI is InChI=1S/C20H19BrN2O4/c1-26-18(24)22-12-11-20(21)15-9-5-6-10-16(15)23(17(20)22)19(25)27-13-14-7-3-2-4-8-14/h2-10,17H,11-13H2,1H3/t17-,20-/m0/s1. The molecule has 0 saturated carbocycles. The maximum atomic E-state index is 13.0. The van der Waals surface area contributed by atoms with E-state index in [1.807, 2.05) is 54.6 Å². The topological polar surface area (TPSA) is 59.1 Å². The number of nitrogens with zero attached hydrogens (tertiary/aromatic N) is 2. The van der Waals surface area contributed by atoms with E-state index in [4.69, 9.17) is 9.47 Å². The van der Waals surface area contributed by atoms with E-state index in [1.165, 1.54) is 7.11 Å². The Morgan fingerprint density at radius 1 is 1.11 bits per heavy atom. The van der Waals surface area contributed by atoms with Crippen molar-refractivity contribution in [1.29, 1.82) is 0 Å². The lowest BCUT2D eigenvalue weighted by Gasteiger charge is -2.33. The van der Waals surface area contributed by atoms with Gasteiger partial charge in [-0.2, -0.15) is 0 Å². The van der Waals surface area contributed by atoms with Crippen molar-refractivity contribution < 1.29 is 19.1 Å². The zero-order chi connectivity index (χ0) is 19.0. The SMILES string of the molecule is COC(=O)N1CC[C@]2(Br)c3ccccc3N(C(=O)OCc3ccccc3)[C@H]12. The molecule has 6 nitrogen and oxygen atoms in total. The minimum atomic E-state index is -0.538. The van der Waals surface area contributed by atoms with Crippen LogP contribution in [-0.4, -0.2) is 36.9 Å². The molecule has 0 radical (unpaired) electrons. The highest BCUT2D eigenvalue weighted by molar-refractivity contribution is 9.09. The van der Waals surface area contributed by atoms with Crippen molar-refractivity contribution in [3.8, 4) is 0 Å². The van der Waals surface area contributed by atoms with E-state index in [-0.39, 0.29) is 6.61 Å². The van der Waals surface area contributed by atoms with Crippen LogP contribution < -0.4 is 4.90 Å². The van der Waals surface area contributed by atoms with Crippen molar-refractivity contribution in [2.45, 2.75) is 23.5 Å². The Morgan fingerprint density at radius 2 is 1.81 bits per heavy atom. The van der Waals surface area contributed by atoms with Gasteiger partial charge in [-0.15, -0.1) is 0 Å². The molecule has 0 unspecified atom stereocenters. The van der Waals surface area contributed by atoms with Crippen molar-refractivity contribution in [3.05, 3.63) is 65.7 Å². The van der Waals surface area contributed by atoms with Gasteiger partial charge in [0.25, 0.3) is 0 Å². The smallest absolute Gasteiger partial charge is 0.416 e. The number of benzene rings is 2. The average Bonchev–Trinajstić information content (AvgIpc) is 3.17. The molecule has 1 saturated heterocycles. The maximum Gasteiger partial charge on any atom is 0.416 e. The zero-order valence-corrected chi connectivity index (χ0v) is 16.4. The van der Waals surface area contributed by atoms with Gasteiger partial charge < -0.3 is 9.47 Å². The highest BCUT2D eigenvalue weighted by Crippen LogP contribution is 2.56. The van der Waals surface area contributed by atoms with Crippen LogP contribution in [0, 0.1) is 0 Å². The molecule has 4 rings (SSSR count). The first-order valence-electron chi connectivity index (χ1n) is 8.69. The molecule has 2 aromatic rings. The predicted molar refractivity (Wildman–Crippen MR) is 104 cm³/mol. The summed E-state index contributed by atoms with van der Waals surface area (Å²) in [5.74, 6) is 0. The van der Waals surface area contributed by atoms with Crippen LogP contribution in [-0.2, 0) is 20.4 Å². The van der Waals surface area contributed by atoms with Crippen LogP contribution in [0.4, 0.5) is 15.3 Å². The van der Waals surface area contributed by atoms with Gasteiger partial charge in [0, 0.05) is 6.54 Å². The summed E-state index contributed by atoms with van der Waals surface area (Å²) in [7, 11) is 1.34. The van der Waals surface area contributed by atoms with Gasteiger partial charge in [0.15, 0.2) is 0 Å². The van der Waals surface area contributed by atoms with Crippen LogP contribution in [0.1, 0.15) is 17.5 Å².